The lowest BCUT2D eigenvalue weighted by atomic mass is 9.86. The van der Waals surface area contributed by atoms with E-state index >= 15 is 0 Å². The number of rotatable bonds is 5. The molecule has 0 unspecified atom stereocenters. The second-order valence-corrected chi connectivity index (χ2v) is 3.95. The molecular formula is C10H19N3. The average Bonchev–Trinajstić information content (AvgIpc) is 2.56. The Morgan fingerprint density at radius 1 is 1.54 bits per heavy atom. The van der Waals surface area contributed by atoms with Crippen LogP contribution in [0.5, 0.6) is 0 Å². The second kappa shape index (κ2) is 4.44. The molecule has 0 aliphatic carbocycles. The van der Waals surface area contributed by atoms with Gasteiger partial charge in [-0.2, -0.15) is 0 Å². The molecule has 3 heteroatoms. The zero-order chi connectivity index (χ0) is 9.73. The third kappa shape index (κ3) is 2.86. The highest BCUT2D eigenvalue weighted by atomic mass is 14.9. The zero-order valence-electron chi connectivity index (χ0n) is 8.43. The van der Waals surface area contributed by atoms with E-state index in [0.29, 0.717) is 6.54 Å². The van der Waals surface area contributed by atoms with Crippen LogP contribution in [0.2, 0.25) is 0 Å². The van der Waals surface area contributed by atoms with Crippen LogP contribution in [0.3, 0.4) is 0 Å². The zero-order valence-corrected chi connectivity index (χ0v) is 8.43. The van der Waals surface area contributed by atoms with Crippen molar-refractivity contribution in [3.05, 3.63) is 24.0 Å². The molecule has 4 N–H and O–H groups in total. The Morgan fingerprint density at radius 2 is 2.31 bits per heavy atom. The van der Waals surface area contributed by atoms with Gasteiger partial charge in [0.05, 0.1) is 0 Å². The van der Waals surface area contributed by atoms with E-state index in [9.17, 15) is 0 Å². The smallest absolute Gasteiger partial charge is 0.00748 e. The summed E-state index contributed by atoms with van der Waals surface area (Å²) >= 11 is 0. The van der Waals surface area contributed by atoms with E-state index in [1.54, 1.807) is 0 Å². The molecule has 0 aromatic carbocycles. The molecule has 0 aliphatic rings. The van der Waals surface area contributed by atoms with Crippen molar-refractivity contribution in [3.63, 3.8) is 0 Å². The highest BCUT2D eigenvalue weighted by molar-refractivity contribution is 5.20. The summed E-state index contributed by atoms with van der Waals surface area (Å²) in [4.78, 5) is 3.07. The Bertz CT molecular complexity index is 226. The van der Waals surface area contributed by atoms with Crippen molar-refractivity contribution in [3.8, 4) is 0 Å². The van der Waals surface area contributed by atoms with Gasteiger partial charge in [0, 0.05) is 37.4 Å². The van der Waals surface area contributed by atoms with E-state index in [0.717, 1.165) is 13.1 Å². The Hall–Kier alpha value is -0.800. The summed E-state index contributed by atoms with van der Waals surface area (Å²) in [5, 5.41) is 3.32. The van der Waals surface area contributed by atoms with Gasteiger partial charge < -0.3 is 16.0 Å². The first kappa shape index (κ1) is 10.3. The van der Waals surface area contributed by atoms with Gasteiger partial charge in [-0.15, -0.1) is 0 Å². The average molecular weight is 181 g/mol. The minimum atomic E-state index is 0.176. The third-order valence-corrected chi connectivity index (χ3v) is 2.27. The van der Waals surface area contributed by atoms with Crippen molar-refractivity contribution in [1.29, 1.82) is 0 Å². The normalized spacial score (nSPS) is 11.9. The van der Waals surface area contributed by atoms with Crippen LogP contribution < -0.4 is 11.1 Å². The lowest BCUT2D eigenvalue weighted by Crippen LogP contribution is -2.35. The van der Waals surface area contributed by atoms with Gasteiger partial charge in [-0.25, -0.2) is 0 Å². The maximum atomic E-state index is 5.41. The van der Waals surface area contributed by atoms with Gasteiger partial charge in [0.2, 0.25) is 0 Å². The lowest BCUT2D eigenvalue weighted by Gasteiger charge is -2.24. The molecule has 0 bridgehead atoms. The summed E-state index contributed by atoms with van der Waals surface area (Å²) in [6, 6.07) is 2.12. The molecule has 1 aromatic rings. The molecule has 1 rings (SSSR count). The third-order valence-electron chi connectivity index (χ3n) is 2.27. The number of nitrogens with two attached hydrogens (primary N) is 1. The van der Waals surface area contributed by atoms with E-state index in [1.165, 1.54) is 5.56 Å². The highest BCUT2D eigenvalue weighted by Gasteiger charge is 2.19. The lowest BCUT2D eigenvalue weighted by molar-refractivity contribution is 0.474. The van der Waals surface area contributed by atoms with Crippen LogP contribution in [0.4, 0.5) is 0 Å². The summed E-state index contributed by atoms with van der Waals surface area (Å²) in [5.41, 5.74) is 6.91. The summed E-state index contributed by atoms with van der Waals surface area (Å²) in [6.07, 6.45) is 4.00. The van der Waals surface area contributed by atoms with Crippen LogP contribution in [0.25, 0.3) is 0 Å². The topological polar surface area (TPSA) is 53.8 Å². The first-order valence-corrected chi connectivity index (χ1v) is 4.71. The molecule has 0 amide bonds. The van der Waals surface area contributed by atoms with E-state index in [4.69, 9.17) is 5.73 Å². The summed E-state index contributed by atoms with van der Waals surface area (Å²) in [6.45, 7) is 6.98. The number of aromatic nitrogens is 1. The molecule has 1 aromatic heterocycles. The highest BCUT2D eigenvalue weighted by Crippen LogP contribution is 2.21. The molecule has 0 radical (unpaired) electrons. The molecule has 0 saturated carbocycles. The van der Waals surface area contributed by atoms with Crippen LogP contribution in [-0.2, 0) is 5.41 Å². The van der Waals surface area contributed by atoms with Crippen molar-refractivity contribution in [2.45, 2.75) is 19.3 Å². The van der Waals surface area contributed by atoms with Crippen LogP contribution in [0.1, 0.15) is 19.4 Å². The molecule has 0 spiro atoms. The predicted molar refractivity (Wildman–Crippen MR) is 55.7 cm³/mol. The number of nitrogens with one attached hydrogen (secondary N) is 2. The van der Waals surface area contributed by atoms with Gasteiger partial charge in [-0.3, -0.25) is 0 Å². The molecule has 74 valence electrons. The maximum absolute atomic E-state index is 5.41. The first-order valence-electron chi connectivity index (χ1n) is 4.71. The molecule has 13 heavy (non-hydrogen) atoms. The summed E-state index contributed by atoms with van der Waals surface area (Å²) in [7, 11) is 0. The van der Waals surface area contributed by atoms with Crippen LogP contribution in [0.15, 0.2) is 18.5 Å². The molecular weight excluding hydrogens is 162 g/mol. The SMILES string of the molecule is CC(C)(CNCCN)c1cc[nH]c1. The van der Waals surface area contributed by atoms with E-state index in [-0.39, 0.29) is 5.41 Å². The van der Waals surface area contributed by atoms with Gasteiger partial charge in [0.15, 0.2) is 0 Å². The monoisotopic (exact) mass is 181 g/mol. The van der Waals surface area contributed by atoms with Crippen molar-refractivity contribution in [2.75, 3.05) is 19.6 Å². The van der Waals surface area contributed by atoms with Gasteiger partial charge in [0.25, 0.3) is 0 Å². The fourth-order valence-corrected chi connectivity index (χ4v) is 1.35. The number of hydrogen-bond donors (Lipinski definition) is 3. The molecule has 1 heterocycles. The predicted octanol–water partition coefficient (Wildman–Crippen LogP) is 0.841. The number of aromatic amines is 1. The van der Waals surface area contributed by atoms with E-state index in [2.05, 4.69) is 30.2 Å². The Labute approximate surface area is 79.7 Å². The van der Waals surface area contributed by atoms with Crippen molar-refractivity contribution >= 4 is 0 Å². The number of H-pyrrole nitrogens is 1. The minimum absolute atomic E-state index is 0.176. The van der Waals surface area contributed by atoms with Gasteiger partial charge in [-0.1, -0.05) is 13.8 Å². The Balaban J connectivity index is 2.46. The van der Waals surface area contributed by atoms with Crippen LogP contribution in [-0.4, -0.2) is 24.6 Å². The fraction of sp³-hybridized carbons (Fsp3) is 0.600. The molecule has 0 atom stereocenters. The Morgan fingerprint density at radius 3 is 2.85 bits per heavy atom. The van der Waals surface area contributed by atoms with E-state index in [1.807, 2.05) is 12.4 Å². The number of hydrogen-bond acceptors (Lipinski definition) is 2. The second-order valence-electron chi connectivity index (χ2n) is 3.95. The Kier molecular flexibility index (Phi) is 3.51. The maximum Gasteiger partial charge on any atom is 0.00748 e. The van der Waals surface area contributed by atoms with Crippen LogP contribution >= 0.6 is 0 Å². The van der Waals surface area contributed by atoms with Gasteiger partial charge in [-0.05, 0) is 11.6 Å². The molecule has 0 aliphatic heterocycles. The first-order chi connectivity index (χ1) is 6.17. The minimum Gasteiger partial charge on any atom is -0.367 e. The van der Waals surface area contributed by atoms with Crippen molar-refractivity contribution in [1.82, 2.24) is 10.3 Å². The summed E-state index contributed by atoms with van der Waals surface area (Å²) < 4.78 is 0. The summed E-state index contributed by atoms with van der Waals surface area (Å²) in [5.74, 6) is 0. The fourth-order valence-electron chi connectivity index (χ4n) is 1.35. The molecule has 0 saturated heterocycles. The molecule has 0 fully saturated rings. The van der Waals surface area contributed by atoms with Crippen molar-refractivity contribution in [2.24, 2.45) is 5.73 Å². The van der Waals surface area contributed by atoms with E-state index < -0.39 is 0 Å². The quantitative estimate of drug-likeness (QED) is 0.590. The standard InChI is InChI=1S/C10H19N3/c1-10(2,8-13-6-4-11)9-3-5-12-7-9/h3,5,7,12-13H,4,6,8,11H2,1-2H3. The van der Waals surface area contributed by atoms with Crippen molar-refractivity contribution < 1.29 is 0 Å². The largest absolute Gasteiger partial charge is 0.367 e. The van der Waals surface area contributed by atoms with Crippen LogP contribution in [0, 0.1) is 0 Å². The molecule has 3 nitrogen and oxygen atoms in total. The van der Waals surface area contributed by atoms with Gasteiger partial charge in [0.1, 0.15) is 0 Å². The van der Waals surface area contributed by atoms with Gasteiger partial charge >= 0.3 is 0 Å².